The second kappa shape index (κ2) is 12.9. The number of furan rings is 2. The molecule has 2 aliphatic heterocycles. The predicted molar refractivity (Wildman–Crippen MR) is 244 cm³/mol. The van der Waals surface area contributed by atoms with Crippen LogP contribution in [0.3, 0.4) is 0 Å². The van der Waals surface area contributed by atoms with E-state index in [0.29, 0.717) is 0 Å². The molecule has 0 fully saturated rings. The van der Waals surface area contributed by atoms with E-state index in [9.17, 15) is 0 Å². The van der Waals surface area contributed by atoms with Crippen molar-refractivity contribution >= 4 is 79.6 Å². The van der Waals surface area contributed by atoms with Crippen LogP contribution in [0.1, 0.15) is 47.9 Å². The average molecular weight is 761 g/mol. The van der Waals surface area contributed by atoms with Crippen LogP contribution in [-0.4, -0.2) is 6.71 Å². The van der Waals surface area contributed by atoms with E-state index in [-0.39, 0.29) is 6.71 Å². The standard InChI is InChI=1S/C54H41BN2O2/c1-3-16-34(17-4-1)40-32-30-36-20-7-9-22-38(36)50(40)56-44-26-15-27-45-49(44)55(53-52(56)43-25-12-14-29-47(43)58-53)48-42-24-11-13-28-46(42)59-54(48)57(45)51-39-23-10-8-21-37(39)31-33-41(51)35-18-5-2-6-19-35/h1-6,11-19,24-33H,7-10,20-23H2. The number of fused-ring (bicyclic) bond motifs is 10. The van der Waals surface area contributed by atoms with Crippen LogP contribution in [0.2, 0.25) is 0 Å². The molecule has 13 rings (SSSR count). The molecule has 0 saturated carbocycles. The molecule has 0 radical (unpaired) electrons. The number of benzene rings is 7. The molecule has 0 unspecified atom stereocenters. The van der Waals surface area contributed by atoms with Crippen LogP contribution in [0.15, 0.2) is 160 Å². The first-order chi connectivity index (χ1) is 29.3. The summed E-state index contributed by atoms with van der Waals surface area (Å²) in [5, 5.41) is 2.26. The zero-order chi connectivity index (χ0) is 38.6. The Morgan fingerprint density at radius 1 is 0.407 bits per heavy atom. The Hall–Kier alpha value is -6.72. The maximum atomic E-state index is 7.28. The number of anilines is 6. The van der Waals surface area contributed by atoms with Gasteiger partial charge in [-0.05, 0) is 121 Å². The molecule has 7 aromatic carbocycles. The van der Waals surface area contributed by atoms with E-state index in [4.69, 9.17) is 8.83 Å². The molecule has 0 amide bonds. The van der Waals surface area contributed by atoms with E-state index in [1.165, 1.54) is 98.2 Å². The Morgan fingerprint density at radius 3 is 1.58 bits per heavy atom. The van der Waals surface area contributed by atoms with Crippen LogP contribution in [0.25, 0.3) is 44.2 Å². The molecule has 0 spiro atoms. The van der Waals surface area contributed by atoms with Gasteiger partial charge in [0, 0.05) is 38.7 Å². The fraction of sp³-hybridized carbons (Fsp3) is 0.148. The Morgan fingerprint density at radius 2 is 0.932 bits per heavy atom. The maximum Gasteiger partial charge on any atom is 0.302 e. The molecule has 5 heteroatoms. The van der Waals surface area contributed by atoms with E-state index >= 15 is 0 Å². The first kappa shape index (κ1) is 33.3. The first-order valence-electron chi connectivity index (χ1n) is 21.5. The summed E-state index contributed by atoms with van der Waals surface area (Å²) in [5.41, 5.74) is 21.9. The number of rotatable bonds is 4. The van der Waals surface area contributed by atoms with Crippen molar-refractivity contribution in [3.05, 3.63) is 174 Å². The fourth-order valence-corrected chi connectivity index (χ4v) is 11.1. The topological polar surface area (TPSA) is 32.8 Å². The quantitative estimate of drug-likeness (QED) is 0.167. The van der Waals surface area contributed by atoms with Crippen LogP contribution >= 0.6 is 0 Å². The summed E-state index contributed by atoms with van der Waals surface area (Å²) in [6.45, 7) is -0.186. The highest BCUT2D eigenvalue weighted by molar-refractivity contribution is 7.01. The summed E-state index contributed by atoms with van der Waals surface area (Å²) in [6.07, 6.45) is 9.05. The lowest BCUT2D eigenvalue weighted by Crippen LogP contribution is -2.60. The van der Waals surface area contributed by atoms with Gasteiger partial charge in [-0.25, -0.2) is 0 Å². The van der Waals surface area contributed by atoms with Crippen molar-refractivity contribution in [2.45, 2.75) is 51.4 Å². The third-order valence-electron chi connectivity index (χ3n) is 13.6. The van der Waals surface area contributed by atoms with Gasteiger partial charge >= 0.3 is 6.71 Å². The van der Waals surface area contributed by atoms with Gasteiger partial charge < -0.3 is 13.7 Å². The van der Waals surface area contributed by atoms with Crippen LogP contribution in [0.5, 0.6) is 0 Å². The molecule has 0 N–H and O–H groups in total. The minimum Gasteiger partial charge on any atom is -0.468 e. The molecule has 59 heavy (non-hydrogen) atoms. The lowest BCUT2D eigenvalue weighted by atomic mass is 9.35. The average Bonchev–Trinajstić information content (AvgIpc) is 3.88. The molecule has 2 aromatic heterocycles. The molecule has 9 aromatic rings. The minimum atomic E-state index is -0.186. The van der Waals surface area contributed by atoms with Crippen LogP contribution in [-0.2, 0) is 25.7 Å². The molecule has 4 nitrogen and oxygen atoms in total. The van der Waals surface area contributed by atoms with Crippen molar-refractivity contribution in [3.63, 3.8) is 0 Å². The van der Waals surface area contributed by atoms with Crippen molar-refractivity contribution < 1.29 is 8.83 Å². The molecular formula is C54H41BN2O2. The van der Waals surface area contributed by atoms with E-state index in [0.717, 1.165) is 70.5 Å². The van der Waals surface area contributed by atoms with Crippen LogP contribution in [0.4, 0.5) is 34.3 Å². The van der Waals surface area contributed by atoms with Gasteiger partial charge in [-0.3, -0.25) is 4.90 Å². The summed E-state index contributed by atoms with van der Waals surface area (Å²) in [7, 11) is 0. The Kier molecular flexibility index (Phi) is 7.27. The Labute approximate surface area is 344 Å². The second-order valence-electron chi connectivity index (χ2n) is 16.8. The van der Waals surface area contributed by atoms with E-state index in [2.05, 4.69) is 161 Å². The summed E-state index contributed by atoms with van der Waals surface area (Å²) >= 11 is 0. The van der Waals surface area contributed by atoms with Crippen molar-refractivity contribution in [3.8, 4) is 22.3 Å². The zero-order valence-electron chi connectivity index (χ0n) is 32.9. The highest BCUT2D eigenvalue weighted by atomic mass is 16.4. The van der Waals surface area contributed by atoms with Crippen molar-refractivity contribution in [1.82, 2.24) is 0 Å². The third-order valence-corrected chi connectivity index (χ3v) is 13.6. The molecule has 4 aliphatic rings. The fourth-order valence-electron chi connectivity index (χ4n) is 11.1. The maximum absolute atomic E-state index is 7.28. The molecular weight excluding hydrogens is 719 g/mol. The summed E-state index contributed by atoms with van der Waals surface area (Å²) in [6, 6.07) is 55.8. The van der Waals surface area contributed by atoms with Gasteiger partial charge in [0.1, 0.15) is 11.2 Å². The minimum absolute atomic E-state index is 0.186. The van der Waals surface area contributed by atoms with Gasteiger partial charge in [0.15, 0.2) is 0 Å². The van der Waals surface area contributed by atoms with Crippen molar-refractivity contribution in [2.75, 3.05) is 9.80 Å². The largest absolute Gasteiger partial charge is 0.468 e. The van der Waals surface area contributed by atoms with Gasteiger partial charge in [-0.2, -0.15) is 0 Å². The van der Waals surface area contributed by atoms with Gasteiger partial charge in [0.05, 0.1) is 22.7 Å². The third kappa shape index (κ3) is 4.79. The molecule has 4 heterocycles. The number of para-hydroxylation sites is 2. The summed E-state index contributed by atoms with van der Waals surface area (Å²) in [5.74, 6) is 0.888. The number of hydrogen-bond acceptors (Lipinski definition) is 4. The van der Waals surface area contributed by atoms with Crippen LogP contribution < -0.4 is 26.4 Å². The molecule has 2 aliphatic carbocycles. The monoisotopic (exact) mass is 760 g/mol. The SMILES string of the molecule is c1ccc(-c2ccc3c(c2N2c4cccc5c4B(c4oc6ccccc6c4N5c4c(-c5ccccc5)ccc5c4CCCC5)c4c2oc2ccccc42)CCCC3)cc1. The van der Waals surface area contributed by atoms with Gasteiger partial charge in [-0.15, -0.1) is 0 Å². The second-order valence-corrected chi connectivity index (χ2v) is 16.8. The van der Waals surface area contributed by atoms with E-state index < -0.39 is 0 Å². The molecule has 282 valence electrons. The van der Waals surface area contributed by atoms with E-state index in [1.54, 1.807) is 0 Å². The molecule has 0 saturated heterocycles. The zero-order valence-corrected chi connectivity index (χ0v) is 32.9. The summed E-state index contributed by atoms with van der Waals surface area (Å²) < 4.78 is 14.5. The number of aryl methyl sites for hydroxylation is 2. The predicted octanol–water partition coefficient (Wildman–Crippen LogP) is 12.4. The lowest BCUT2D eigenvalue weighted by Gasteiger charge is -2.43. The molecule has 0 atom stereocenters. The number of nitrogens with zero attached hydrogens (tertiary/aromatic N) is 2. The van der Waals surface area contributed by atoms with Gasteiger partial charge in [-0.1, -0.05) is 121 Å². The highest BCUT2D eigenvalue weighted by Gasteiger charge is 2.50. The first-order valence-corrected chi connectivity index (χ1v) is 21.5. The van der Waals surface area contributed by atoms with Crippen molar-refractivity contribution in [1.29, 1.82) is 0 Å². The van der Waals surface area contributed by atoms with Crippen molar-refractivity contribution in [2.24, 2.45) is 0 Å². The lowest BCUT2D eigenvalue weighted by molar-refractivity contribution is 0.620. The highest BCUT2D eigenvalue weighted by Crippen LogP contribution is 2.53. The van der Waals surface area contributed by atoms with Crippen LogP contribution in [0, 0.1) is 0 Å². The Bertz CT molecular complexity index is 3140. The van der Waals surface area contributed by atoms with E-state index in [1.807, 2.05) is 0 Å². The smallest absolute Gasteiger partial charge is 0.302 e. The molecule has 0 bridgehead atoms. The Balaban J connectivity index is 1.18. The number of hydrogen-bond donors (Lipinski definition) is 0. The van der Waals surface area contributed by atoms with Gasteiger partial charge in [0.2, 0.25) is 5.88 Å². The normalized spacial score (nSPS) is 15.2. The van der Waals surface area contributed by atoms with Gasteiger partial charge in [0.25, 0.3) is 0 Å². The summed E-state index contributed by atoms with van der Waals surface area (Å²) in [4.78, 5) is 5.13.